The first-order valence-electron chi connectivity index (χ1n) is 11.7. The number of benzene rings is 3. The van der Waals surface area contributed by atoms with Crippen LogP contribution in [0.3, 0.4) is 0 Å². The van der Waals surface area contributed by atoms with Crippen molar-refractivity contribution >= 4 is 28.3 Å². The Bertz CT molecular complexity index is 1230. The van der Waals surface area contributed by atoms with Crippen LogP contribution in [0.15, 0.2) is 60.7 Å². The molecule has 3 aromatic rings. The van der Waals surface area contributed by atoms with Crippen LogP contribution >= 0.6 is 0 Å². The average Bonchev–Trinajstić information content (AvgIpc) is 2.88. The lowest BCUT2D eigenvalue weighted by atomic mass is 9.94. The fraction of sp³-hybridized carbons (Fsp3) is 0.308. The Morgan fingerprint density at radius 1 is 0.829 bits per heavy atom. The molecule has 1 N–H and O–H groups in total. The number of carbonyl (C=O) groups excluding carboxylic acids is 2. The van der Waals surface area contributed by atoms with Gasteiger partial charge in [-0.2, -0.15) is 0 Å². The first-order chi connectivity index (χ1) is 16.9. The van der Waals surface area contributed by atoms with Gasteiger partial charge in [0, 0.05) is 74.5 Å². The summed E-state index contributed by atoms with van der Waals surface area (Å²) >= 11 is 0. The second-order valence-corrected chi connectivity index (χ2v) is 8.98. The van der Waals surface area contributed by atoms with E-state index in [9.17, 15) is 24.8 Å². The van der Waals surface area contributed by atoms with Gasteiger partial charge >= 0.3 is 0 Å². The maximum atomic E-state index is 13.1. The normalized spacial score (nSPS) is 17.7. The molecule has 0 bridgehead atoms. The molecule has 0 saturated carbocycles. The zero-order chi connectivity index (χ0) is 24.5. The molecule has 180 valence electrons. The topological polar surface area (TPSA) is 107 Å². The third-order valence-electron chi connectivity index (χ3n) is 6.88. The van der Waals surface area contributed by atoms with E-state index in [0.717, 1.165) is 37.0 Å². The summed E-state index contributed by atoms with van der Waals surface area (Å²) in [6.07, 6.45) is -0.728. The van der Waals surface area contributed by atoms with Crippen molar-refractivity contribution in [2.45, 2.75) is 6.10 Å². The highest BCUT2D eigenvalue weighted by Crippen LogP contribution is 2.30. The first kappa shape index (κ1) is 23.1. The number of hydrogen-bond donors (Lipinski definition) is 1. The molecule has 9 heteroatoms. The van der Waals surface area contributed by atoms with Gasteiger partial charge in [-0.25, -0.2) is 0 Å². The average molecular weight is 475 g/mol. The van der Waals surface area contributed by atoms with E-state index in [4.69, 9.17) is 0 Å². The fourth-order valence-electron chi connectivity index (χ4n) is 4.89. The van der Waals surface area contributed by atoms with Crippen molar-refractivity contribution in [3.8, 4) is 0 Å². The van der Waals surface area contributed by atoms with E-state index in [1.54, 1.807) is 24.3 Å². The number of piperazine rings is 1. The molecule has 1 fully saturated rings. The van der Waals surface area contributed by atoms with Crippen LogP contribution < -0.4 is 0 Å². The summed E-state index contributed by atoms with van der Waals surface area (Å²) < 4.78 is 0. The lowest BCUT2D eigenvalue weighted by Gasteiger charge is -2.36. The van der Waals surface area contributed by atoms with Crippen LogP contribution in [0.4, 0.5) is 5.69 Å². The van der Waals surface area contributed by atoms with Crippen LogP contribution in [0.2, 0.25) is 0 Å². The van der Waals surface area contributed by atoms with Gasteiger partial charge < -0.3 is 5.11 Å². The predicted molar refractivity (Wildman–Crippen MR) is 130 cm³/mol. The molecule has 2 amide bonds. The smallest absolute Gasteiger partial charge is 0.269 e. The number of nitrogens with zero attached hydrogens (tertiary/aromatic N) is 4. The van der Waals surface area contributed by atoms with Crippen molar-refractivity contribution in [1.29, 1.82) is 0 Å². The van der Waals surface area contributed by atoms with E-state index in [-0.39, 0.29) is 17.5 Å². The summed E-state index contributed by atoms with van der Waals surface area (Å²) in [5, 5.41) is 23.0. The van der Waals surface area contributed by atoms with Gasteiger partial charge in [-0.1, -0.05) is 24.3 Å². The summed E-state index contributed by atoms with van der Waals surface area (Å²) in [5.74, 6) is -0.492. The molecular weight excluding hydrogens is 448 g/mol. The maximum absolute atomic E-state index is 13.1. The highest BCUT2D eigenvalue weighted by atomic mass is 16.6. The van der Waals surface area contributed by atoms with Gasteiger partial charge in [0.15, 0.2) is 0 Å². The highest BCUT2D eigenvalue weighted by molar-refractivity contribution is 6.25. The van der Waals surface area contributed by atoms with E-state index >= 15 is 0 Å². The van der Waals surface area contributed by atoms with E-state index < -0.39 is 11.0 Å². The number of hydrogen-bond acceptors (Lipinski definition) is 7. The third-order valence-corrected chi connectivity index (χ3v) is 6.88. The molecule has 0 aliphatic carbocycles. The Labute approximate surface area is 202 Å². The van der Waals surface area contributed by atoms with Crippen molar-refractivity contribution < 1.29 is 19.6 Å². The summed E-state index contributed by atoms with van der Waals surface area (Å²) in [6, 6.07) is 17.1. The van der Waals surface area contributed by atoms with Crippen molar-refractivity contribution in [3.63, 3.8) is 0 Å². The number of carbonyl (C=O) groups is 2. The standard InChI is InChI=1S/C26H26N4O5/c31-23(18-7-9-20(10-8-18)30(34)35)17-28-13-11-27(12-14-28)15-16-29-25(32)21-5-1-3-19-4-2-6-22(24(19)21)26(29)33/h1-10,23,31H,11-17H2/t23-/m0/s1. The van der Waals surface area contributed by atoms with Gasteiger partial charge in [0.2, 0.25) is 0 Å². The molecule has 35 heavy (non-hydrogen) atoms. The Balaban J connectivity index is 1.15. The Kier molecular flexibility index (Phi) is 6.29. The molecule has 0 spiro atoms. The highest BCUT2D eigenvalue weighted by Gasteiger charge is 2.33. The molecule has 1 saturated heterocycles. The van der Waals surface area contributed by atoms with Gasteiger partial charge in [0.05, 0.1) is 11.0 Å². The molecule has 0 radical (unpaired) electrons. The Morgan fingerprint density at radius 2 is 1.40 bits per heavy atom. The number of imide groups is 1. The summed E-state index contributed by atoms with van der Waals surface area (Å²) in [5.41, 5.74) is 1.79. The summed E-state index contributed by atoms with van der Waals surface area (Å²) in [7, 11) is 0. The Morgan fingerprint density at radius 3 is 1.97 bits per heavy atom. The predicted octanol–water partition coefficient (Wildman–Crippen LogP) is 2.70. The van der Waals surface area contributed by atoms with Crippen LogP contribution in [0.5, 0.6) is 0 Å². The van der Waals surface area contributed by atoms with Crippen molar-refractivity contribution in [3.05, 3.63) is 87.5 Å². The number of β-amino-alcohol motifs (C(OH)–C–C–N with tert-alkyl or cyclic N) is 1. The monoisotopic (exact) mass is 474 g/mol. The lowest BCUT2D eigenvalue weighted by Crippen LogP contribution is -2.50. The molecular formula is C26H26N4O5. The third kappa shape index (κ3) is 4.53. The van der Waals surface area contributed by atoms with Crippen molar-refractivity contribution in [2.75, 3.05) is 45.8 Å². The molecule has 0 aromatic heterocycles. The minimum atomic E-state index is -0.728. The van der Waals surface area contributed by atoms with Crippen LogP contribution in [0.25, 0.3) is 10.8 Å². The molecule has 9 nitrogen and oxygen atoms in total. The van der Waals surface area contributed by atoms with Crippen molar-refractivity contribution in [1.82, 2.24) is 14.7 Å². The van der Waals surface area contributed by atoms with E-state index in [1.807, 2.05) is 24.3 Å². The van der Waals surface area contributed by atoms with Crippen LogP contribution in [0, 0.1) is 10.1 Å². The quantitative estimate of drug-likeness (QED) is 0.319. The molecule has 3 aromatic carbocycles. The number of amides is 2. The molecule has 5 rings (SSSR count). The van der Waals surface area contributed by atoms with Gasteiger partial charge in [0.1, 0.15) is 0 Å². The zero-order valence-corrected chi connectivity index (χ0v) is 19.2. The molecule has 2 aliphatic heterocycles. The second-order valence-electron chi connectivity index (χ2n) is 8.98. The maximum Gasteiger partial charge on any atom is 0.269 e. The number of aliphatic hydroxyl groups excluding tert-OH is 1. The second kappa shape index (κ2) is 9.53. The minimum Gasteiger partial charge on any atom is -0.387 e. The summed E-state index contributed by atoms with van der Waals surface area (Å²) in [6.45, 7) is 4.37. The number of nitro benzene ring substituents is 1. The van der Waals surface area contributed by atoms with Gasteiger partial charge in [-0.3, -0.25) is 34.4 Å². The van der Waals surface area contributed by atoms with Crippen LogP contribution in [-0.4, -0.2) is 82.4 Å². The minimum absolute atomic E-state index is 0.000374. The zero-order valence-electron chi connectivity index (χ0n) is 19.2. The van der Waals surface area contributed by atoms with E-state index in [2.05, 4.69) is 9.80 Å². The number of nitro groups is 1. The lowest BCUT2D eigenvalue weighted by molar-refractivity contribution is -0.384. The molecule has 0 unspecified atom stereocenters. The van der Waals surface area contributed by atoms with E-state index in [0.29, 0.717) is 36.3 Å². The van der Waals surface area contributed by atoms with Gasteiger partial charge in [-0.05, 0) is 35.2 Å². The largest absolute Gasteiger partial charge is 0.387 e. The molecule has 2 heterocycles. The SMILES string of the molecule is O=C1c2cccc3cccc(c23)C(=O)N1CCN1CCN(C[C@H](O)c2ccc([N+](=O)[O-])cc2)CC1. The number of rotatable bonds is 7. The van der Waals surface area contributed by atoms with Gasteiger partial charge in [0.25, 0.3) is 17.5 Å². The first-order valence-corrected chi connectivity index (χ1v) is 11.7. The fourth-order valence-corrected chi connectivity index (χ4v) is 4.89. The molecule has 1 atom stereocenters. The van der Waals surface area contributed by atoms with Crippen LogP contribution in [-0.2, 0) is 0 Å². The Hall–Kier alpha value is -3.66. The van der Waals surface area contributed by atoms with Gasteiger partial charge in [-0.15, -0.1) is 0 Å². The van der Waals surface area contributed by atoms with Crippen molar-refractivity contribution in [2.24, 2.45) is 0 Å². The number of non-ortho nitro benzene ring substituents is 1. The summed E-state index contributed by atoms with van der Waals surface area (Å²) in [4.78, 5) is 42.2. The van der Waals surface area contributed by atoms with E-state index in [1.165, 1.54) is 17.0 Å². The molecule has 2 aliphatic rings. The number of aliphatic hydroxyl groups is 1. The van der Waals surface area contributed by atoms with Crippen LogP contribution in [0.1, 0.15) is 32.4 Å².